The molecular weight excluding hydrogens is 408 g/mol. The van der Waals surface area contributed by atoms with Crippen molar-refractivity contribution in [3.8, 4) is 5.88 Å². The Morgan fingerprint density at radius 3 is 2.66 bits per heavy atom. The molecule has 0 atom stereocenters. The highest BCUT2D eigenvalue weighted by Gasteiger charge is 2.24. The Hall–Kier alpha value is -2.65. The van der Waals surface area contributed by atoms with Gasteiger partial charge < -0.3 is 15.2 Å². The van der Waals surface area contributed by atoms with Gasteiger partial charge in [0.15, 0.2) is 12.4 Å². The second-order valence-electron chi connectivity index (χ2n) is 6.71. The number of hydrogen-bond donors (Lipinski definition) is 2. The van der Waals surface area contributed by atoms with Gasteiger partial charge in [0, 0.05) is 30.2 Å². The van der Waals surface area contributed by atoms with E-state index in [1.165, 1.54) is 44.4 Å². The first-order valence-electron chi connectivity index (χ1n) is 8.60. The van der Waals surface area contributed by atoms with Crippen molar-refractivity contribution in [3.05, 3.63) is 52.4 Å². The lowest BCUT2D eigenvalue weighted by atomic mass is 9.99. The third kappa shape index (κ3) is 7.03. The number of alkyl halides is 2. The lowest BCUT2D eigenvalue weighted by Crippen LogP contribution is -2.32. The maximum Gasteiger partial charge on any atom is 0.272 e. The van der Waals surface area contributed by atoms with E-state index in [1.807, 2.05) is 0 Å². The molecule has 156 valence electrons. The van der Waals surface area contributed by atoms with E-state index < -0.39 is 30.3 Å². The Morgan fingerprint density at radius 2 is 2.03 bits per heavy atom. The Labute approximate surface area is 171 Å². The average Bonchev–Trinajstić information content (AvgIpc) is 2.64. The van der Waals surface area contributed by atoms with Crippen LogP contribution in [0.3, 0.4) is 0 Å². The number of ether oxygens (including phenoxy) is 1. The van der Waals surface area contributed by atoms with Gasteiger partial charge in [-0.15, -0.1) is 0 Å². The van der Waals surface area contributed by atoms with Crippen molar-refractivity contribution in [1.29, 1.82) is 0 Å². The Kier molecular flexibility index (Phi) is 7.58. The highest BCUT2D eigenvalue weighted by Crippen LogP contribution is 2.22. The quantitative estimate of drug-likeness (QED) is 0.637. The molecule has 10 heteroatoms. The number of nitrogens with zero attached hydrogens (tertiary/aromatic N) is 2. The number of aromatic nitrogens is 2. The predicted octanol–water partition coefficient (Wildman–Crippen LogP) is 2.59. The van der Waals surface area contributed by atoms with Gasteiger partial charge in [-0.25, -0.2) is 13.8 Å². The van der Waals surface area contributed by atoms with Gasteiger partial charge >= 0.3 is 0 Å². The molecule has 0 aromatic carbocycles. The fourth-order valence-corrected chi connectivity index (χ4v) is 2.43. The number of aliphatic hydroxyl groups is 1. The van der Waals surface area contributed by atoms with Gasteiger partial charge in [-0.2, -0.15) is 0 Å². The van der Waals surface area contributed by atoms with Crippen LogP contribution < -0.4 is 10.1 Å². The van der Waals surface area contributed by atoms with Crippen molar-refractivity contribution in [2.75, 3.05) is 6.61 Å². The molecule has 0 bridgehead atoms. The highest BCUT2D eigenvalue weighted by atomic mass is 35.5. The number of ketones is 1. The van der Waals surface area contributed by atoms with E-state index in [1.54, 1.807) is 0 Å². The lowest BCUT2D eigenvalue weighted by Gasteiger charge is -2.15. The average molecular weight is 428 g/mol. The molecule has 0 spiro atoms. The summed E-state index contributed by atoms with van der Waals surface area (Å²) < 4.78 is 29.1. The molecule has 2 heterocycles. The van der Waals surface area contributed by atoms with E-state index >= 15 is 0 Å². The maximum atomic E-state index is 12.3. The Bertz CT molecular complexity index is 888. The SMILES string of the molecule is CC(C)(O)C(=O)Cc1cc(C(=O)NCc2cnc(OCC(F)F)c(Cl)c2)ccn1. The summed E-state index contributed by atoms with van der Waals surface area (Å²) in [4.78, 5) is 32.2. The van der Waals surface area contributed by atoms with E-state index in [2.05, 4.69) is 15.3 Å². The zero-order chi connectivity index (χ0) is 21.6. The minimum atomic E-state index is -2.64. The topological polar surface area (TPSA) is 101 Å². The van der Waals surface area contributed by atoms with Crippen LogP contribution >= 0.6 is 11.6 Å². The zero-order valence-electron chi connectivity index (χ0n) is 15.8. The van der Waals surface area contributed by atoms with Crippen LogP contribution in [0.1, 0.15) is 35.5 Å². The predicted molar refractivity (Wildman–Crippen MR) is 101 cm³/mol. The third-order valence-corrected chi connectivity index (χ3v) is 4.04. The largest absolute Gasteiger partial charge is 0.471 e. The summed E-state index contributed by atoms with van der Waals surface area (Å²) in [5.41, 5.74) is -0.305. The smallest absolute Gasteiger partial charge is 0.272 e. The van der Waals surface area contributed by atoms with Crippen molar-refractivity contribution in [1.82, 2.24) is 15.3 Å². The molecule has 0 saturated carbocycles. The molecule has 0 saturated heterocycles. The van der Waals surface area contributed by atoms with Gasteiger partial charge in [-0.3, -0.25) is 14.6 Å². The molecule has 2 aromatic heterocycles. The fourth-order valence-electron chi connectivity index (χ4n) is 2.19. The summed E-state index contributed by atoms with van der Waals surface area (Å²) in [7, 11) is 0. The van der Waals surface area contributed by atoms with Crippen LogP contribution in [0.15, 0.2) is 30.6 Å². The first-order valence-corrected chi connectivity index (χ1v) is 8.98. The number of carbonyl (C=O) groups is 2. The first kappa shape index (κ1) is 22.6. The number of rotatable bonds is 9. The number of Topliss-reactive ketones (excluding diaryl/α,β-unsaturated/α-hetero) is 1. The molecule has 2 aromatic rings. The van der Waals surface area contributed by atoms with Crippen LogP contribution in [0.2, 0.25) is 5.02 Å². The van der Waals surface area contributed by atoms with Crippen LogP contribution in [0.5, 0.6) is 5.88 Å². The Balaban J connectivity index is 1.98. The van der Waals surface area contributed by atoms with Crippen LogP contribution in [0.4, 0.5) is 8.78 Å². The van der Waals surface area contributed by atoms with Gasteiger partial charge in [0.1, 0.15) is 10.6 Å². The van der Waals surface area contributed by atoms with Crippen LogP contribution in [0.25, 0.3) is 0 Å². The maximum absolute atomic E-state index is 12.3. The minimum Gasteiger partial charge on any atom is -0.471 e. The molecule has 0 fully saturated rings. The van der Waals surface area contributed by atoms with E-state index in [9.17, 15) is 23.5 Å². The van der Waals surface area contributed by atoms with Crippen molar-refractivity contribution in [3.63, 3.8) is 0 Å². The van der Waals surface area contributed by atoms with E-state index in [-0.39, 0.29) is 29.4 Å². The fraction of sp³-hybridized carbons (Fsp3) is 0.368. The number of halogens is 3. The highest BCUT2D eigenvalue weighted by molar-refractivity contribution is 6.31. The molecule has 0 aliphatic carbocycles. The summed E-state index contributed by atoms with van der Waals surface area (Å²) in [5.74, 6) is -0.951. The van der Waals surface area contributed by atoms with Crippen LogP contribution in [0, 0.1) is 0 Å². The number of hydrogen-bond acceptors (Lipinski definition) is 6. The number of amides is 1. The van der Waals surface area contributed by atoms with Gasteiger partial charge in [-0.1, -0.05) is 11.6 Å². The summed E-state index contributed by atoms with van der Waals surface area (Å²) in [6, 6.07) is 4.40. The molecule has 2 N–H and O–H groups in total. The molecule has 7 nitrogen and oxygen atoms in total. The minimum absolute atomic E-state index is 0.0497. The molecule has 0 unspecified atom stereocenters. The molecule has 2 rings (SSSR count). The number of nitrogens with one attached hydrogen (secondary N) is 1. The molecule has 0 aliphatic heterocycles. The second-order valence-corrected chi connectivity index (χ2v) is 7.12. The monoisotopic (exact) mass is 427 g/mol. The number of pyridine rings is 2. The first-order chi connectivity index (χ1) is 13.6. The summed E-state index contributed by atoms with van der Waals surface area (Å²) in [5, 5.41) is 12.4. The van der Waals surface area contributed by atoms with Crippen molar-refractivity contribution in [2.45, 2.75) is 38.8 Å². The van der Waals surface area contributed by atoms with Crippen molar-refractivity contribution >= 4 is 23.3 Å². The Morgan fingerprint density at radius 1 is 1.31 bits per heavy atom. The van der Waals surface area contributed by atoms with Crippen molar-refractivity contribution in [2.24, 2.45) is 0 Å². The summed E-state index contributed by atoms with van der Waals surface area (Å²) in [6.45, 7) is 2.04. The standard InChI is InChI=1S/C19H20ClF2N3O4/c1-19(2,28)15(26)7-13-6-12(3-4-23-13)17(27)24-8-11-5-14(20)18(25-9-11)29-10-16(21)22/h3-6,9,16,28H,7-8,10H2,1-2H3,(H,24,27). The molecule has 0 radical (unpaired) electrons. The van der Waals surface area contributed by atoms with Gasteiger partial charge in [0.05, 0.1) is 6.42 Å². The zero-order valence-corrected chi connectivity index (χ0v) is 16.5. The number of carbonyl (C=O) groups excluding carboxylic acids is 2. The van der Waals surface area contributed by atoms with Crippen LogP contribution in [-0.2, 0) is 17.8 Å². The van der Waals surface area contributed by atoms with Crippen LogP contribution in [-0.4, -0.2) is 45.4 Å². The van der Waals surface area contributed by atoms with Gasteiger partial charge in [-0.05, 0) is 37.6 Å². The lowest BCUT2D eigenvalue weighted by molar-refractivity contribution is -0.133. The molecule has 1 amide bonds. The molecular formula is C19H20ClF2N3O4. The van der Waals surface area contributed by atoms with E-state index in [4.69, 9.17) is 16.3 Å². The molecule has 29 heavy (non-hydrogen) atoms. The molecule has 0 aliphatic rings. The summed E-state index contributed by atoms with van der Waals surface area (Å²) in [6.07, 6.45) is 0.00272. The normalized spacial score (nSPS) is 11.4. The summed E-state index contributed by atoms with van der Waals surface area (Å²) >= 11 is 5.95. The van der Waals surface area contributed by atoms with Gasteiger partial charge in [0.2, 0.25) is 5.88 Å². The van der Waals surface area contributed by atoms with Gasteiger partial charge in [0.25, 0.3) is 12.3 Å². The second kappa shape index (κ2) is 9.71. The van der Waals surface area contributed by atoms with E-state index in [0.29, 0.717) is 11.3 Å². The van der Waals surface area contributed by atoms with Crippen molar-refractivity contribution < 1.29 is 28.2 Å². The van der Waals surface area contributed by atoms with E-state index in [0.717, 1.165) is 0 Å². The third-order valence-electron chi connectivity index (χ3n) is 3.77.